The molecular weight excluding hydrogens is 446 g/mol. The third kappa shape index (κ3) is 4.88. The highest BCUT2D eigenvalue weighted by Gasteiger charge is 2.54. The second-order valence-electron chi connectivity index (χ2n) is 8.89. The van der Waals surface area contributed by atoms with Crippen LogP contribution >= 0.6 is 0 Å². The summed E-state index contributed by atoms with van der Waals surface area (Å²) in [5.74, 6) is -7.77. The van der Waals surface area contributed by atoms with Gasteiger partial charge in [-0.05, 0) is 47.9 Å². The Morgan fingerprint density at radius 1 is 1.03 bits per heavy atom. The summed E-state index contributed by atoms with van der Waals surface area (Å²) >= 11 is 0. The van der Waals surface area contributed by atoms with E-state index in [-0.39, 0.29) is 18.9 Å². The van der Waals surface area contributed by atoms with Crippen molar-refractivity contribution in [2.24, 2.45) is 5.92 Å². The molecule has 0 spiro atoms. The summed E-state index contributed by atoms with van der Waals surface area (Å²) in [6, 6.07) is 13.4. The number of carboxylic acids is 1. The van der Waals surface area contributed by atoms with Gasteiger partial charge in [-0.15, -0.1) is 0 Å². The topological polar surface area (TPSA) is 105 Å². The predicted octanol–water partition coefficient (Wildman–Crippen LogP) is 3.92. The van der Waals surface area contributed by atoms with E-state index in [2.05, 4.69) is 10.6 Å². The van der Waals surface area contributed by atoms with E-state index in [0.717, 1.165) is 22.3 Å². The number of amides is 2. The van der Waals surface area contributed by atoms with Gasteiger partial charge in [0.25, 0.3) is 0 Å². The van der Waals surface area contributed by atoms with Crippen LogP contribution in [0, 0.1) is 5.92 Å². The van der Waals surface area contributed by atoms with Crippen molar-refractivity contribution in [1.82, 2.24) is 10.6 Å². The number of carboxylic acid groups (broad SMARTS) is 1. The number of ether oxygens (including phenoxy) is 1. The minimum atomic E-state index is -4.06. The molecule has 180 valence electrons. The van der Waals surface area contributed by atoms with Crippen LogP contribution in [0.2, 0.25) is 0 Å². The van der Waals surface area contributed by atoms with Crippen molar-refractivity contribution in [3.05, 3.63) is 59.7 Å². The highest BCUT2D eigenvalue weighted by atomic mass is 19.3. The number of alkyl halides is 2. The lowest BCUT2D eigenvalue weighted by atomic mass is 9.98. The summed E-state index contributed by atoms with van der Waals surface area (Å²) in [6.07, 6.45) is -0.150. The van der Waals surface area contributed by atoms with Gasteiger partial charge in [0.2, 0.25) is 5.91 Å². The van der Waals surface area contributed by atoms with Gasteiger partial charge in [0.1, 0.15) is 12.6 Å². The van der Waals surface area contributed by atoms with Crippen molar-refractivity contribution in [2.75, 3.05) is 6.61 Å². The van der Waals surface area contributed by atoms with Gasteiger partial charge < -0.3 is 20.5 Å². The first-order valence-electron chi connectivity index (χ1n) is 11.2. The molecule has 0 heterocycles. The molecule has 1 saturated carbocycles. The molecule has 1 fully saturated rings. The van der Waals surface area contributed by atoms with Gasteiger partial charge in [0, 0.05) is 18.4 Å². The third-order valence-electron chi connectivity index (χ3n) is 6.29. The fraction of sp³-hybridized carbons (Fsp3) is 0.400. The van der Waals surface area contributed by atoms with Crippen molar-refractivity contribution in [3.63, 3.8) is 0 Å². The van der Waals surface area contributed by atoms with Gasteiger partial charge in [-0.25, -0.2) is 9.59 Å². The highest BCUT2D eigenvalue weighted by molar-refractivity contribution is 5.82. The molecule has 2 aliphatic rings. The second kappa shape index (κ2) is 9.40. The Balaban J connectivity index is 1.30. The van der Waals surface area contributed by atoms with Crippen molar-refractivity contribution in [3.8, 4) is 11.1 Å². The first kappa shape index (κ1) is 23.7. The highest BCUT2D eigenvalue weighted by Crippen LogP contribution is 2.44. The Kier molecular flexibility index (Phi) is 6.54. The number of hydrogen-bond donors (Lipinski definition) is 3. The van der Waals surface area contributed by atoms with Crippen LogP contribution in [0.25, 0.3) is 11.1 Å². The smallest absolute Gasteiger partial charge is 0.407 e. The average Bonchev–Trinajstić information content (AvgIpc) is 3.58. The molecule has 9 heteroatoms. The molecule has 2 unspecified atom stereocenters. The molecule has 0 bridgehead atoms. The van der Waals surface area contributed by atoms with Crippen molar-refractivity contribution in [2.45, 2.75) is 50.1 Å². The van der Waals surface area contributed by atoms with E-state index >= 15 is 0 Å². The van der Waals surface area contributed by atoms with Crippen LogP contribution in [0.3, 0.4) is 0 Å². The van der Waals surface area contributed by atoms with Crippen LogP contribution in [0.15, 0.2) is 48.5 Å². The molecule has 2 aromatic rings. The summed E-state index contributed by atoms with van der Waals surface area (Å²) in [5.41, 5.74) is 4.32. The molecule has 0 aliphatic heterocycles. The number of nitrogens with one attached hydrogen (secondary N) is 2. The summed E-state index contributed by atoms with van der Waals surface area (Å²) in [6.45, 7) is 1.65. The Morgan fingerprint density at radius 3 is 2.12 bits per heavy atom. The molecule has 2 amide bonds. The summed E-state index contributed by atoms with van der Waals surface area (Å²) in [7, 11) is 0. The zero-order valence-electron chi connectivity index (χ0n) is 18.6. The number of halogens is 2. The molecule has 0 saturated heterocycles. The summed E-state index contributed by atoms with van der Waals surface area (Å²) < 4.78 is 33.4. The molecule has 2 aliphatic carbocycles. The number of carbonyl (C=O) groups excluding carboxylic acids is 2. The second-order valence-corrected chi connectivity index (χ2v) is 8.89. The predicted molar refractivity (Wildman–Crippen MR) is 120 cm³/mol. The number of alkyl carbamates (subject to hydrolysis) is 1. The molecule has 3 N–H and O–H groups in total. The number of hydrogen-bond acceptors (Lipinski definition) is 4. The van der Waals surface area contributed by atoms with Crippen LogP contribution in [0.1, 0.15) is 43.2 Å². The molecule has 34 heavy (non-hydrogen) atoms. The van der Waals surface area contributed by atoms with Gasteiger partial charge in [0.05, 0.1) is 0 Å². The van der Waals surface area contributed by atoms with E-state index in [0.29, 0.717) is 12.8 Å². The zero-order chi connectivity index (χ0) is 24.5. The fourth-order valence-electron chi connectivity index (χ4n) is 4.47. The Labute approximate surface area is 195 Å². The van der Waals surface area contributed by atoms with Crippen LogP contribution in [0.4, 0.5) is 13.6 Å². The van der Waals surface area contributed by atoms with Gasteiger partial charge in [-0.2, -0.15) is 8.78 Å². The quantitative estimate of drug-likeness (QED) is 0.513. The largest absolute Gasteiger partial charge is 0.477 e. The fourth-order valence-corrected chi connectivity index (χ4v) is 4.47. The Hall–Kier alpha value is -3.49. The lowest BCUT2D eigenvalue weighted by Gasteiger charge is -2.25. The average molecular weight is 472 g/mol. The van der Waals surface area contributed by atoms with Crippen molar-refractivity contribution in [1.29, 1.82) is 0 Å². The number of aliphatic carboxylic acids is 1. The maximum Gasteiger partial charge on any atom is 0.407 e. The van der Waals surface area contributed by atoms with Crippen LogP contribution in [-0.4, -0.2) is 47.7 Å². The molecule has 0 radical (unpaired) electrons. The van der Waals surface area contributed by atoms with E-state index in [1.54, 1.807) is 6.92 Å². The van der Waals surface area contributed by atoms with Gasteiger partial charge in [-0.3, -0.25) is 4.79 Å². The lowest BCUT2D eigenvalue weighted by Crippen LogP contribution is -2.54. The number of benzene rings is 2. The van der Waals surface area contributed by atoms with Gasteiger partial charge in [0.15, 0.2) is 0 Å². The molecule has 2 aromatic carbocycles. The minimum Gasteiger partial charge on any atom is -0.477 e. The minimum absolute atomic E-state index is 0.105. The van der Waals surface area contributed by atoms with E-state index in [9.17, 15) is 23.2 Å². The van der Waals surface area contributed by atoms with Gasteiger partial charge >= 0.3 is 18.0 Å². The maximum atomic E-state index is 14.0. The van der Waals surface area contributed by atoms with Crippen LogP contribution in [0.5, 0.6) is 0 Å². The molecular formula is C25H26F2N2O5. The van der Waals surface area contributed by atoms with Crippen molar-refractivity contribution < 1.29 is 33.0 Å². The first-order chi connectivity index (χ1) is 16.2. The Bertz CT molecular complexity index is 1060. The van der Waals surface area contributed by atoms with Gasteiger partial charge in [-0.1, -0.05) is 48.5 Å². The van der Waals surface area contributed by atoms with Crippen LogP contribution < -0.4 is 10.6 Å². The van der Waals surface area contributed by atoms with E-state index < -0.39 is 41.9 Å². The molecule has 4 rings (SSSR count). The molecule has 2 atom stereocenters. The molecule has 7 nitrogen and oxygen atoms in total. The number of carbonyl (C=O) groups is 3. The summed E-state index contributed by atoms with van der Waals surface area (Å²) in [4.78, 5) is 35.5. The SMILES string of the molecule is CC(CC(=O)NC(C1CC1)C(F)(F)C(=O)O)NC(=O)OCC1c2ccccc2-c2ccccc21. The monoisotopic (exact) mass is 472 g/mol. The summed E-state index contributed by atoms with van der Waals surface area (Å²) in [5, 5.41) is 13.5. The zero-order valence-corrected chi connectivity index (χ0v) is 18.6. The molecule has 0 aromatic heterocycles. The maximum absolute atomic E-state index is 14.0. The normalized spacial score (nSPS) is 16.7. The third-order valence-corrected chi connectivity index (χ3v) is 6.29. The Morgan fingerprint density at radius 2 is 1.59 bits per heavy atom. The lowest BCUT2D eigenvalue weighted by molar-refractivity contribution is -0.171. The van der Waals surface area contributed by atoms with E-state index in [1.165, 1.54) is 0 Å². The first-order valence-corrected chi connectivity index (χ1v) is 11.2. The van der Waals surface area contributed by atoms with Crippen LogP contribution in [-0.2, 0) is 14.3 Å². The van der Waals surface area contributed by atoms with E-state index in [1.807, 2.05) is 48.5 Å². The van der Waals surface area contributed by atoms with Crippen molar-refractivity contribution >= 4 is 18.0 Å². The number of rotatable bonds is 9. The van der Waals surface area contributed by atoms with E-state index in [4.69, 9.17) is 9.84 Å². The number of fused-ring (bicyclic) bond motifs is 3. The standard InChI is InChI=1S/C25H26F2N2O5/c1-14(12-21(30)29-22(15-10-11-15)25(26,27)23(31)32)28-24(33)34-13-20-18-8-4-2-6-16(18)17-7-3-5-9-19(17)20/h2-9,14-15,20,22H,10-13H2,1H3,(H,28,33)(H,29,30)(H,31,32).